The lowest BCUT2D eigenvalue weighted by Gasteiger charge is -2.28. The molecule has 0 saturated heterocycles. The summed E-state index contributed by atoms with van der Waals surface area (Å²) < 4.78 is 7.08. The Kier molecular flexibility index (Phi) is 10.5. The van der Waals surface area contributed by atoms with E-state index in [1.165, 1.54) is 0 Å². The normalized spacial score (nSPS) is 10.6. The van der Waals surface area contributed by atoms with Gasteiger partial charge in [-0.05, 0) is 31.9 Å². The summed E-state index contributed by atoms with van der Waals surface area (Å²) in [5.74, 6) is -0.0247. The molecule has 26 heavy (non-hydrogen) atoms. The van der Waals surface area contributed by atoms with Crippen LogP contribution in [0.4, 0.5) is 4.79 Å². The minimum Gasteiger partial charge on any atom is -0.385 e. The van der Waals surface area contributed by atoms with Crippen molar-refractivity contribution < 1.29 is 14.3 Å². The van der Waals surface area contributed by atoms with Gasteiger partial charge in [0.25, 0.3) is 0 Å². The third-order valence-electron chi connectivity index (χ3n) is 4.26. The van der Waals surface area contributed by atoms with Crippen molar-refractivity contribution in [1.82, 2.24) is 19.7 Å². The SMILES string of the molecule is CCCCN(Cc1cccn1C)C(=O)CN(CCCOC)C(=O)NCC. The first-order valence-corrected chi connectivity index (χ1v) is 9.43. The summed E-state index contributed by atoms with van der Waals surface area (Å²) in [5, 5.41) is 2.79. The highest BCUT2D eigenvalue weighted by Crippen LogP contribution is 2.08. The number of methoxy groups -OCH3 is 1. The highest BCUT2D eigenvalue weighted by atomic mass is 16.5. The number of aromatic nitrogens is 1. The number of ether oxygens (including phenoxy) is 1. The maximum atomic E-state index is 12.9. The van der Waals surface area contributed by atoms with Crippen LogP contribution in [-0.2, 0) is 23.1 Å². The maximum absolute atomic E-state index is 12.9. The second-order valence-corrected chi connectivity index (χ2v) is 6.38. The van der Waals surface area contributed by atoms with Crippen molar-refractivity contribution in [3.8, 4) is 0 Å². The molecule has 7 nitrogen and oxygen atoms in total. The third kappa shape index (κ3) is 7.47. The quantitative estimate of drug-likeness (QED) is 0.577. The second-order valence-electron chi connectivity index (χ2n) is 6.38. The highest BCUT2D eigenvalue weighted by molar-refractivity contribution is 5.84. The molecule has 0 aromatic carbocycles. The van der Waals surface area contributed by atoms with Crippen LogP contribution in [0.25, 0.3) is 0 Å². The van der Waals surface area contributed by atoms with Gasteiger partial charge in [-0.15, -0.1) is 0 Å². The molecule has 0 fully saturated rings. The maximum Gasteiger partial charge on any atom is 0.317 e. The third-order valence-corrected chi connectivity index (χ3v) is 4.26. The molecule has 1 heterocycles. The van der Waals surface area contributed by atoms with E-state index in [9.17, 15) is 9.59 Å². The number of carbonyl (C=O) groups is 2. The predicted octanol–water partition coefficient (Wildman–Crippen LogP) is 2.22. The fourth-order valence-electron chi connectivity index (χ4n) is 2.68. The number of aryl methyl sites for hydroxylation is 1. The molecule has 0 aliphatic heterocycles. The number of nitrogens with zero attached hydrogens (tertiary/aromatic N) is 3. The smallest absolute Gasteiger partial charge is 0.317 e. The van der Waals surface area contributed by atoms with Gasteiger partial charge in [0.15, 0.2) is 0 Å². The van der Waals surface area contributed by atoms with Crippen LogP contribution in [0.5, 0.6) is 0 Å². The average Bonchev–Trinajstić information content (AvgIpc) is 3.02. The van der Waals surface area contributed by atoms with Gasteiger partial charge in [-0.25, -0.2) is 4.79 Å². The van der Waals surface area contributed by atoms with Gasteiger partial charge in [0, 0.05) is 52.3 Å². The van der Waals surface area contributed by atoms with Crippen molar-refractivity contribution in [2.45, 2.75) is 39.7 Å². The number of hydrogen-bond donors (Lipinski definition) is 1. The van der Waals surface area contributed by atoms with Gasteiger partial charge in [-0.3, -0.25) is 4.79 Å². The number of urea groups is 1. The molecule has 0 radical (unpaired) electrons. The van der Waals surface area contributed by atoms with E-state index in [4.69, 9.17) is 4.74 Å². The van der Waals surface area contributed by atoms with Crippen LogP contribution in [0.15, 0.2) is 18.3 Å². The molecule has 7 heteroatoms. The molecule has 148 valence electrons. The Hall–Kier alpha value is -2.02. The van der Waals surface area contributed by atoms with Crippen LogP contribution in [0.2, 0.25) is 0 Å². The molecule has 3 amide bonds. The number of nitrogens with one attached hydrogen (secondary N) is 1. The van der Waals surface area contributed by atoms with Crippen molar-refractivity contribution in [3.05, 3.63) is 24.0 Å². The molecule has 1 aromatic heterocycles. The van der Waals surface area contributed by atoms with Crippen LogP contribution in [0, 0.1) is 0 Å². The van der Waals surface area contributed by atoms with Gasteiger partial charge in [0.05, 0.1) is 6.54 Å². The van der Waals surface area contributed by atoms with E-state index in [0.29, 0.717) is 39.2 Å². The molecule has 1 N–H and O–H groups in total. The van der Waals surface area contributed by atoms with E-state index in [0.717, 1.165) is 18.5 Å². The van der Waals surface area contributed by atoms with Gasteiger partial charge in [0.1, 0.15) is 6.54 Å². The number of hydrogen-bond acceptors (Lipinski definition) is 3. The fraction of sp³-hybridized carbons (Fsp3) is 0.684. The van der Waals surface area contributed by atoms with E-state index >= 15 is 0 Å². The molecular weight excluding hydrogens is 332 g/mol. The van der Waals surface area contributed by atoms with E-state index in [-0.39, 0.29) is 18.5 Å². The lowest BCUT2D eigenvalue weighted by molar-refractivity contribution is -0.132. The monoisotopic (exact) mass is 366 g/mol. The average molecular weight is 367 g/mol. The summed E-state index contributed by atoms with van der Waals surface area (Å²) in [7, 11) is 3.61. The van der Waals surface area contributed by atoms with Crippen molar-refractivity contribution in [2.24, 2.45) is 7.05 Å². The fourth-order valence-corrected chi connectivity index (χ4v) is 2.68. The number of unbranched alkanes of at least 4 members (excludes halogenated alkanes) is 1. The summed E-state index contributed by atoms with van der Waals surface area (Å²) in [5.41, 5.74) is 1.08. The van der Waals surface area contributed by atoms with Crippen LogP contribution in [-0.4, -0.2) is 66.2 Å². The Morgan fingerprint density at radius 2 is 1.92 bits per heavy atom. The Morgan fingerprint density at radius 3 is 2.50 bits per heavy atom. The Balaban J connectivity index is 2.77. The largest absolute Gasteiger partial charge is 0.385 e. The van der Waals surface area contributed by atoms with E-state index in [1.807, 2.05) is 41.8 Å². The van der Waals surface area contributed by atoms with Crippen molar-refractivity contribution in [3.63, 3.8) is 0 Å². The zero-order chi connectivity index (χ0) is 19.4. The second kappa shape index (κ2) is 12.4. The van der Waals surface area contributed by atoms with Crippen molar-refractivity contribution in [2.75, 3.05) is 39.9 Å². The Morgan fingerprint density at radius 1 is 1.19 bits per heavy atom. The molecule has 1 rings (SSSR count). The lowest BCUT2D eigenvalue weighted by atomic mass is 10.2. The van der Waals surface area contributed by atoms with Gasteiger partial charge in [-0.2, -0.15) is 0 Å². The number of amides is 3. The van der Waals surface area contributed by atoms with Crippen molar-refractivity contribution in [1.29, 1.82) is 0 Å². The Labute approximate surface area is 157 Å². The minimum atomic E-state index is -0.203. The Bertz CT molecular complexity index is 545. The zero-order valence-corrected chi connectivity index (χ0v) is 16.7. The van der Waals surface area contributed by atoms with Gasteiger partial charge < -0.3 is 24.4 Å². The van der Waals surface area contributed by atoms with Crippen LogP contribution >= 0.6 is 0 Å². The molecule has 1 aromatic rings. The van der Waals surface area contributed by atoms with E-state index < -0.39 is 0 Å². The number of carbonyl (C=O) groups excluding carboxylic acids is 2. The molecular formula is C19H34N4O3. The van der Waals surface area contributed by atoms with Gasteiger partial charge >= 0.3 is 6.03 Å². The van der Waals surface area contributed by atoms with E-state index in [1.54, 1.807) is 12.0 Å². The minimum absolute atomic E-state index is 0.0247. The standard InChI is InChI=1S/C19H34N4O3/c1-5-7-12-22(15-17-10-8-11-21(17)3)18(24)16-23(13-9-14-26-4)19(25)20-6-2/h8,10-11H,5-7,9,12-16H2,1-4H3,(H,20,25). The van der Waals surface area contributed by atoms with Gasteiger partial charge in [-0.1, -0.05) is 13.3 Å². The molecule has 0 aliphatic carbocycles. The summed E-state index contributed by atoms with van der Waals surface area (Å²) in [6.45, 7) is 6.92. The summed E-state index contributed by atoms with van der Waals surface area (Å²) in [4.78, 5) is 28.6. The summed E-state index contributed by atoms with van der Waals surface area (Å²) in [6.07, 6.45) is 4.64. The van der Waals surface area contributed by atoms with Gasteiger partial charge in [0.2, 0.25) is 5.91 Å². The molecule has 0 saturated carbocycles. The molecule has 0 aliphatic rings. The topological polar surface area (TPSA) is 66.8 Å². The predicted molar refractivity (Wildman–Crippen MR) is 103 cm³/mol. The molecule has 0 spiro atoms. The summed E-state index contributed by atoms with van der Waals surface area (Å²) in [6, 6.07) is 3.79. The molecule has 0 atom stereocenters. The zero-order valence-electron chi connectivity index (χ0n) is 16.7. The van der Waals surface area contributed by atoms with Crippen LogP contribution in [0.1, 0.15) is 38.8 Å². The number of rotatable bonds is 12. The first-order chi connectivity index (χ1) is 12.5. The van der Waals surface area contributed by atoms with Crippen LogP contribution < -0.4 is 5.32 Å². The van der Waals surface area contributed by atoms with Crippen LogP contribution in [0.3, 0.4) is 0 Å². The first kappa shape index (κ1) is 22.0. The van der Waals surface area contributed by atoms with Crippen molar-refractivity contribution >= 4 is 11.9 Å². The highest BCUT2D eigenvalue weighted by Gasteiger charge is 2.21. The lowest BCUT2D eigenvalue weighted by Crippen LogP contribution is -2.47. The first-order valence-electron chi connectivity index (χ1n) is 9.43. The van der Waals surface area contributed by atoms with E-state index in [2.05, 4.69) is 12.2 Å². The summed E-state index contributed by atoms with van der Waals surface area (Å²) >= 11 is 0. The molecule has 0 bridgehead atoms. The molecule has 0 unspecified atom stereocenters.